The van der Waals surface area contributed by atoms with Gasteiger partial charge >= 0.3 is 0 Å². The van der Waals surface area contributed by atoms with Crippen molar-refractivity contribution in [2.24, 2.45) is 0 Å². The van der Waals surface area contributed by atoms with E-state index in [-0.39, 0.29) is 73.8 Å². The molecule has 19 rings (SSSR count). The number of hydrogen-bond donors (Lipinski definition) is 0. The van der Waals surface area contributed by atoms with Crippen molar-refractivity contribution < 1.29 is 8.22 Å². The van der Waals surface area contributed by atoms with Crippen LogP contribution in [0.15, 0.2) is 291 Å². The lowest BCUT2D eigenvalue weighted by Crippen LogP contribution is -2.60. The summed E-state index contributed by atoms with van der Waals surface area (Å²) in [5.41, 5.74) is 20.5. The number of aromatic nitrogens is 3. The summed E-state index contributed by atoms with van der Waals surface area (Å²) in [5.74, 6) is 0. The van der Waals surface area contributed by atoms with Crippen LogP contribution < -0.4 is 21.3 Å². The van der Waals surface area contributed by atoms with E-state index >= 15 is 0 Å². The van der Waals surface area contributed by atoms with Crippen LogP contribution in [0.2, 0.25) is 0 Å². The molecule has 17 aromatic rings. The minimum atomic E-state index is -0.827. The van der Waals surface area contributed by atoms with E-state index in [0.717, 1.165) is 143 Å². The monoisotopic (exact) mass is 1380 g/mol. The lowest BCUT2D eigenvalue weighted by atomic mass is 9.33. The van der Waals surface area contributed by atoms with Crippen LogP contribution in [0, 0.1) is 11.3 Å². The fraction of sp³-hybridized carbons (Fsp3) is 0.158. The van der Waals surface area contributed by atoms with Crippen molar-refractivity contribution in [3.8, 4) is 56.5 Å². The summed E-state index contributed by atoms with van der Waals surface area (Å²) in [5, 5.41) is 19.8. The van der Waals surface area contributed by atoms with E-state index in [1.165, 1.54) is 16.7 Å². The molecular formula is C101H84BN5. The Morgan fingerprint density at radius 3 is 1.38 bits per heavy atom. The van der Waals surface area contributed by atoms with E-state index in [1.807, 2.05) is 20.8 Å². The molecule has 2 aliphatic heterocycles. The second-order valence-electron chi connectivity index (χ2n) is 33.5. The van der Waals surface area contributed by atoms with Crippen LogP contribution in [0.5, 0.6) is 0 Å². The van der Waals surface area contributed by atoms with E-state index in [4.69, 9.17) is 0 Å². The van der Waals surface area contributed by atoms with Gasteiger partial charge in [-0.05, 0) is 195 Å². The Labute approximate surface area is 635 Å². The van der Waals surface area contributed by atoms with Gasteiger partial charge in [0.2, 0.25) is 0 Å². The molecule has 107 heavy (non-hydrogen) atoms. The standard InChI is InChI=1S/C101H84BN5/c1-98(2,3)67-41-39-63(40-42-67)66-53-84-78-33-22-20-31-76(78)75-30-19-21-32-77(75)79-34-23-24-37-87(79)106-93-59-72(105-88-48-38-62(61-103)52-80(88)81-55-68(99(4,5)6)45-51-91(81)105)60-94-95(93)102(86(54-66)97(84)106)85-47-46-71(104-89-49-43-69(100(7,8)9)56-82(89)83-57-70(101(10,11)12)44-50-90(83)104)58-92(85)107(94)96-73(64-26-15-13-16-27-64)35-25-36-74(96)65-28-17-14-18-29-65/h13-60H,1-12H3/i38D,45D,48D,51D,52D,55D. The zero-order valence-electron chi connectivity index (χ0n) is 68.6. The van der Waals surface area contributed by atoms with Gasteiger partial charge in [-0.25, -0.2) is 0 Å². The summed E-state index contributed by atoms with van der Waals surface area (Å²) in [6, 6.07) is 94.2. The third-order valence-electron chi connectivity index (χ3n) is 22.7. The Kier molecular flexibility index (Phi) is 13.2. The molecule has 5 heterocycles. The van der Waals surface area contributed by atoms with Crippen LogP contribution >= 0.6 is 0 Å². The zero-order valence-corrected chi connectivity index (χ0v) is 62.6. The van der Waals surface area contributed by atoms with E-state index < -0.39 is 18.2 Å². The quantitative estimate of drug-likeness (QED) is 0.156. The maximum Gasteiger partial charge on any atom is 0.252 e. The number of nitriles is 1. The van der Waals surface area contributed by atoms with Crippen molar-refractivity contribution in [1.29, 1.82) is 5.26 Å². The molecule has 0 unspecified atom stereocenters. The van der Waals surface area contributed by atoms with E-state index in [1.54, 1.807) is 4.57 Å². The van der Waals surface area contributed by atoms with Crippen molar-refractivity contribution >= 4 is 127 Å². The molecule has 0 saturated carbocycles. The molecular weight excluding hydrogens is 1290 g/mol. The number of fused-ring (bicyclic) bond motifs is 17. The molecule has 0 bridgehead atoms. The highest BCUT2D eigenvalue weighted by Crippen LogP contribution is 2.52. The van der Waals surface area contributed by atoms with Crippen LogP contribution in [-0.2, 0) is 21.7 Å². The van der Waals surface area contributed by atoms with E-state index in [2.05, 4.69) is 337 Å². The lowest BCUT2D eigenvalue weighted by molar-refractivity contribution is 0.590. The van der Waals surface area contributed by atoms with Crippen LogP contribution in [0.25, 0.3) is 137 Å². The number of nitrogens with zero attached hydrogens (tertiary/aromatic N) is 5. The smallest absolute Gasteiger partial charge is 0.252 e. The van der Waals surface area contributed by atoms with Gasteiger partial charge in [0.25, 0.3) is 6.71 Å². The predicted octanol–water partition coefficient (Wildman–Crippen LogP) is 25.1. The fourth-order valence-electron chi connectivity index (χ4n) is 17.2. The predicted molar refractivity (Wildman–Crippen MR) is 457 cm³/mol. The summed E-state index contributed by atoms with van der Waals surface area (Å²) in [6.07, 6.45) is 0. The SMILES string of the molecule is [2H]c1c(C#N)c([2H])c2c3c([2H])c(C(C)(C)C)c([2H])c([2H])c3n(-c3cc4c5c(c3)-n3c6ccccc6c6ccccc6c6ccccc6c6cc(-c7ccc(C(C)(C)C)cc7)cc(c63)B5c3ccc(-n5c6ccc(C(C)(C)C)cc6c6cc(C(C)(C)C)ccc65)cc3N4c3c(-c4ccccc4)cccc3-c3ccccc3)c2c1[2H]. The summed E-state index contributed by atoms with van der Waals surface area (Å²) < 4.78 is 68.2. The molecule has 0 amide bonds. The molecule has 0 radical (unpaired) electrons. The first-order chi connectivity index (χ1) is 54.1. The number of hydrogen-bond acceptors (Lipinski definition) is 2. The summed E-state index contributed by atoms with van der Waals surface area (Å²) >= 11 is 0. The molecule has 3 aromatic heterocycles. The molecule has 5 nitrogen and oxygen atoms in total. The number of anilines is 3. The molecule has 14 aromatic carbocycles. The van der Waals surface area contributed by atoms with E-state index in [0.29, 0.717) is 11.3 Å². The normalized spacial score (nSPS) is 13.8. The summed E-state index contributed by atoms with van der Waals surface area (Å²) in [4.78, 5) is 2.49. The van der Waals surface area contributed by atoms with Crippen molar-refractivity contribution in [3.63, 3.8) is 0 Å². The Hall–Kier alpha value is -12.2. The van der Waals surface area contributed by atoms with Crippen LogP contribution in [0.3, 0.4) is 0 Å². The zero-order chi connectivity index (χ0) is 78.5. The average molecular weight is 1380 g/mol. The van der Waals surface area contributed by atoms with Crippen LogP contribution in [-0.4, -0.2) is 20.4 Å². The molecule has 6 heteroatoms. The molecule has 0 fully saturated rings. The Bertz CT molecular complexity index is 6980. The maximum absolute atomic E-state index is 11.0. The minimum Gasteiger partial charge on any atom is -0.310 e. The fourth-order valence-corrected chi connectivity index (χ4v) is 17.2. The highest BCUT2D eigenvalue weighted by atomic mass is 15.2. The largest absolute Gasteiger partial charge is 0.310 e. The van der Waals surface area contributed by atoms with Gasteiger partial charge in [0.05, 0.1) is 58.8 Å². The highest BCUT2D eigenvalue weighted by molar-refractivity contribution is 7.00. The second-order valence-corrected chi connectivity index (χ2v) is 33.5. The average Bonchev–Trinajstić information content (AvgIpc) is 1.67. The van der Waals surface area contributed by atoms with Gasteiger partial charge in [0.1, 0.15) is 0 Å². The first-order valence-electron chi connectivity index (χ1n) is 40.4. The number of rotatable bonds is 6. The van der Waals surface area contributed by atoms with Crippen LogP contribution in [0.4, 0.5) is 17.1 Å². The van der Waals surface area contributed by atoms with E-state index in [9.17, 15) is 13.5 Å². The molecule has 2 aliphatic rings. The minimum absolute atomic E-state index is 0.0680. The van der Waals surface area contributed by atoms with Gasteiger partial charge in [0.15, 0.2) is 0 Å². The highest BCUT2D eigenvalue weighted by Gasteiger charge is 2.44. The third-order valence-corrected chi connectivity index (χ3v) is 22.7. The van der Waals surface area contributed by atoms with Gasteiger partial charge < -0.3 is 18.6 Å². The van der Waals surface area contributed by atoms with Crippen molar-refractivity contribution in [2.75, 3.05) is 4.90 Å². The summed E-state index contributed by atoms with van der Waals surface area (Å²) in [6.45, 7) is 25.7. The molecule has 0 aliphatic carbocycles. The Balaban J connectivity index is 1.08. The van der Waals surface area contributed by atoms with Crippen molar-refractivity contribution in [2.45, 2.75) is 105 Å². The third kappa shape index (κ3) is 10.4. The van der Waals surface area contributed by atoms with Crippen molar-refractivity contribution in [3.05, 3.63) is 319 Å². The molecule has 516 valence electrons. The number of benzene rings is 14. The molecule has 0 spiro atoms. The Morgan fingerprint density at radius 2 is 0.804 bits per heavy atom. The lowest BCUT2D eigenvalue weighted by Gasteiger charge is -2.43. The molecule has 0 atom stereocenters. The Morgan fingerprint density at radius 1 is 0.318 bits per heavy atom. The molecule has 0 N–H and O–H groups in total. The number of para-hydroxylation sites is 2. The second kappa shape index (κ2) is 23.9. The van der Waals surface area contributed by atoms with Crippen LogP contribution in [0.1, 0.15) is 119 Å². The first kappa shape index (κ1) is 59.1. The topological polar surface area (TPSA) is 41.8 Å². The van der Waals surface area contributed by atoms with Crippen molar-refractivity contribution in [1.82, 2.24) is 13.7 Å². The van der Waals surface area contributed by atoms with Gasteiger partial charge in [-0.3, -0.25) is 0 Å². The maximum atomic E-state index is 11.0. The van der Waals surface area contributed by atoms with Gasteiger partial charge in [-0.2, -0.15) is 5.26 Å². The summed E-state index contributed by atoms with van der Waals surface area (Å²) in [7, 11) is 0. The first-order valence-corrected chi connectivity index (χ1v) is 37.4. The molecule has 0 saturated heterocycles. The van der Waals surface area contributed by atoms with Gasteiger partial charge in [0, 0.05) is 71.7 Å². The van der Waals surface area contributed by atoms with Gasteiger partial charge in [-0.1, -0.05) is 283 Å². The van der Waals surface area contributed by atoms with Gasteiger partial charge in [-0.15, -0.1) is 0 Å².